The minimum atomic E-state index is -4.67. The van der Waals surface area contributed by atoms with Crippen LogP contribution in [0, 0.1) is 0 Å². The van der Waals surface area contributed by atoms with Crippen molar-refractivity contribution in [1.82, 2.24) is 0 Å². The largest absolute Gasteiger partial charge is 0.394 e. The summed E-state index contributed by atoms with van der Waals surface area (Å²) in [5.41, 5.74) is 15.4. The molecule has 0 aliphatic carbocycles. The molecular formula is C5H16N4O4S. The molecule has 0 aliphatic rings. The first kappa shape index (κ1) is 15.6. The maximum Gasteiger partial charge on any atom is 0.394 e. The molecule has 86 valence electrons. The molecule has 0 spiro atoms. The smallest absolute Gasteiger partial charge is 0.370 e. The number of unbranched alkanes of at least 4 members (excludes halogenated alkanes) is 1. The number of guanidine groups is 1. The van der Waals surface area contributed by atoms with Crippen molar-refractivity contribution in [3.8, 4) is 0 Å². The summed E-state index contributed by atoms with van der Waals surface area (Å²) in [6.45, 7) is 1.40. The molecule has 0 atom stereocenters. The molecule has 0 aromatic rings. The van der Waals surface area contributed by atoms with Crippen LogP contribution in [0.4, 0.5) is 0 Å². The normalized spacial score (nSPS) is 9.93. The van der Waals surface area contributed by atoms with Crippen LogP contribution in [0.15, 0.2) is 4.99 Å². The maximum atomic E-state index is 8.74. The Labute approximate surface area is 82.8 Å². The van der Waals surface area contributed by atoms with Crippen molar-refractivity contribution >= 4 is 16.4 Å². The predicted octanol–water partition coefficient (Wildman–Crippen LogP) is -1.65. The van der Waals surface area contributed by atoms with Crippen LogP contribution >= 0.6 is 0 Å². The highest BCUT2D eigenvalue weighted by Gasteiger charge is 1.84. The molecule has 0 radical (unpaired) electrons. The van der Waals surface area contributed by atoms with Crippen LogP contribution in [0.1, 0.15) is 12.8 Å². The SMILES string of the molecule is NCCCCN=C(N)N.O=S(=O)(O)O. The maximum absolute atomic E-state index is 8.74. The summed E-state index contributed by atoms with van der Waals surface area (Å²) in [6, 6.07) is 0. The fourth-order valence-corrected chi connectivity index (χ4v) is 0.464. The van der Waals surface area contributed by atoms with Crippen molar-refractivity contribution in [2.45, 2.75) is 12.8 Å². The monoisotopic (exact) mass is 228 g/mol. The Morgan fingerprint density at radius 1 is 1.21 bits per heavy atom. The molecule has 9 heteroatoms. The van der Waals surface area contributed by atoms with Crippen LogP contribution < -0.4 is 17.2 Å². The lowest BCUT2D eigenvalue weighted by atomic mass is 10.3. The van der Waals surface area contributed by atoms with Gasteiger partial charge in [0, 0.05) is 6.54 Å². The lowest BCUT2D eigenvalue weighted by molar-refractivity contribution is 0.381. The summed E-state index contributed by atoms with van der Waals surface area (Å²) in [6.07, 6.45) is 1.95. The van der Waals surface area contributed by atoms with E-state index < -0.39 is 10.4 Å². The Morgan fingerprint density at radius 3 is 1.93 bits per heavy atom. The van der Waals surface area contributed by atoms with Gasteiger partial charge in [-0.1, -0.05) is 0 Å². The van der Waals surface area contributed by atoms with Crippen LogP contribution in [0.2, 0.25) is 0 Å². The minimum Gasteiger partial charge on any atom is -0.370 e. The van der Waals surface area contributed by atoms with Crippen molar-refractivity contribution in [3.05, 3.63) is 0 Å². The van der Waals surface area contributed by atoms with E-state index in [0.717, 1.165) is 12.8 Å². The zero-order chi connectivity index (χ0) is 11.6. The van der Waals surface area contributed by atoms with Gasteiger partial charge in [0.25, 0.3) is 0 Å². The lowest BCUT2D eigenvalue weighted by Gasteiger charge is -1.92. The first-order chi connectivity index (χ1) is 6.27. The molecule has 0 saturated heterocycles. The Bertz CT molecular complexity index is 238. The molecule has 8 nitrogen and oxygen atoms in total. The average Bonchev–Trinajstić information content (AvgIpc) is 1.94. The second kappa shape index (κ2) is 8.69. The Hall–Kier alpha value is -0.900. The summed E-state index contributed by atoms with van der Waals surface area (Å²) in [5, 5.41) is 0. The van der Waals surface area contributed by atoms with Crippen LogP contribution in [0.25, 0.3) is 0 Å². The lowest BCUT2D eigenvalue weighted by Crippen LogP contribution is -2.23. The molecule has 0 heterocycles. The third-order valence-corrected chi connectivity index (χ3v) is 0.907. The number of nitrogens with two attached hydrogens (primary N) is 3. The minimum absolute atomic E-state index is 0.159. The number of hydrogen-bond donors (Lipinski definition) is 5. The zero-order valence-corrected chi connectivity index (χ0v) is 8.44. The first-order valence-electron chi connectivity index (χ1n) is 3.72. The van der Waals surface area contributed by atoms with Gasteiger partial charge < -0.3 is 17.2 Å². The molecule has 0 fully saturated rings. The fourth-order valence-electron chi connectivity index (χ4n) is 0.464. The second-order valence-corrected chi connectivity index (χ2v) is 3.15. The molecule has 0 aromatic carbocycles. The zero-order valence-electron chi connectivity index (χ0n) is 7.63. The standard InChI is InChI=1S/C5H14N4.H2O4S/c6-3-1-2-4-9-5(7)8;1-5(2,3)4/h1-4,6H2,(H4,7,8,9);(H2,1,2,3,4). The molecular weight excluding hydrogens is 212 g/mol. The summed E-state index contributed by atoms with van der Waals surface area (Å²) in [7, 11) is -4.67. The van der Waals surface area contributed by atoms with Gasteiger partial charge in [-0.25, -0.2) is 0 Å². The van der Waals surface area contributed by atoms with Crippen molar-refractivity contribution in [2.24, 2.45) is 22.2 Å². The van der Waals surface area contributed by atoms with E-state index in [4.69, 9.17) is 34.7 Å². The quantitative estimate of drug-likeness (QED) is 0.166. The molecule has 0 rings (SSSR count). The summed E-state index contributed by atoms with van der Waals surface area (Å²) in [5.74, 6) is 0.159. The van der Waals surface area contributed by atoms with Crippen molar-refractivity contribution in [2.75, 3.05) is 13.1 Å². The van der Waals surface area contributed by atoms with Crippen LogP contribution in [-0.2, 0) is 10.4 Å². The van der Waals surface area contributed by atoms with Crippen molar-refractivity contribution < 1.29 is 17.5 Å². The predicted molar refractivity (Wildman–Crippen MR) is 53.1 cm³/mol. The second-order valence-electron chi connectivity index (χ2n) is 2.25. The summed E-state index contributed by atoms with van der Waals surface area (Å²) >= 11 is 0. The highest BCUT2D eigenvalue weighted by molar-refractivity contribution is 7.79. The van der Waals surface area contributed by atoms with Crippen LogP contribution in [-0.4, -0.2) is 36.6 Å². The van der Waals surface area contributed by atoms with Crippen molar-refractivity contribution in [3.63, 3.8) is 0 Å². The third-order valence-electron chi connectivity index (χ3n) is 0.907. The molecule has 0 unspecified atom stereocenters. The highest BCUT2D eigenvalue weighted by atomic mass is 32.3. The van der Waals surface area contributed by atoms with Gasteiger partial charge in [0.1, 0.15) is 0 Å². The van der Waals surface area contributed by atoms with Crippen LogP contribution in [0.5, 0.6) is 0 Å². The molecule has 0 amide bonds. The number of hydrogen-bond acceptors (Lipinski definition) is 4. The number of rotatable bonds is 4. The molecule has 14 heavy (non-hydrogen) atoms. The van der Waals surface area contributed by atoms with E-state index in [0.29, 0.717) is 13.1 Å². The molecule has 0 aromatic heterocycles. The molecule has 8 N–H and O–H groups in total. The summed E-state index contributed by atoms with van der Waals surface area (Å²) in [4.78, 5) is 3.78. The number of aliphatic imine (C=N–C) groups is 1. The van der Waals surface area contributed by atoms with E-state index in [1.807, 2.05) is 0 Å². The first-order valence-corrected chi connectivity index (χ1v) is 5.12. The van der Waals surface area contributed by atoms with E-state index in [1.54, 1.807) is 0 Å². The van der Waals surface area contributed by atoms with Gasteiger partial charge in [0.2, 0.25) is 0 Å². The Kier molecular flexibility index (Phi) is 9.66. The van der Waals surface area contributed by atoms with Gasteiger partial charge in [-0.2, -0.15) is 8.42 Å². The van der Waals surface area contributed by atoms with Gasteiger partial charge in [-0.05, 0) is 19.4 Å². The Balaban J connectivity index is 0. The summed E-state index contributed by atoms with van der Waals surface area (Å²) < 4.78 is 31.6. The van der Waals surface area contributed by atoms with Gasteiger partial charge in [0.15, 0.2) is 5.96 Å². The van der Waals surface area contributed by atoms with Gasteiger partial charge >= 0.3 is 10.4 Å². The average molecular weight is 228 g/mol. The van der Waals surface area contributed by atoms with Gasteiger partial charge in [0.05, 0.1) is 0 Å². The van der Waals surface area contributed by atoms with E-state index >= 15 is 0 Å². The molecule has 0 saturated carbocycles. The third kappa shape index (κ3) is 43.5. The van der Waals surface area contributed by atoms with Crippen molar-refractivity contribution in [1.29, 1.82) is 0 Å². The Morgan fingerprint density at radius 2 is 1.64 bits per heavy atom. The van der Waals surface area contributed by atoms with E-state index in [2.05, 4.69) is 4.99 Å². The van der Waals surface area contributed by atoms with E-state index in [-0.39, 0.29) is 5.96 Å². The van der Waals surface area contributed by atoms with E-state index in [9.17, 15) is 0 Å². The van der Waals surface area contributed by atoms with Gasteiger partial charge in [-0.15, -0.1) is 0 Å². The van der Waals surface area contributed by atoms with Crippen LogP contribution in [0.3, 0.4) is 0 Å². The number of nitrogens with zero attached hydrogens (tertiary/aromatic N) is 1. The molecule has 0 aliphatic heterocycles. The van der Waals surface area contributed by atoms with E-state index in [1.165, 1.54) is 0 Å². The highest BCUT2D eigenvalue weighted by Crippen LogP contribution is 1.84. The van der Waals surface area contributed by atoms with Gasteiger partial charge in [-0.3, -0.25) is 14.1 Å². The topological polar surface area (TPSA) is 165 Å². The fraction of sp³-hybridized carbons (Fsp3) is 0.800. The molecule has 0 bridgehead atoms.